The second-order valence-corrected chi connectivity index (χ2v) is 5.51. The van der Waals surface area contributed by atoms with E-state index < -0.39 is 12.2 Å². The molecule has 3 atom stereocenters. The molecule has 7 heteroatoms. The van der Waals surface area contributed by atoms with Gasteiger partial charge in [0.2, 0.25) is 0 Å². The lowest BCUT2D eigenvalue weighted by atomic mass is 10.1. The minimum absolute atomic E-state index is 0.0477. The molecular formula is C15H19N3O4. The number of rotatable bonds is 3. The fourth-order valence-electron chi connectivity index (χ4n) is 2.58. The van der Waals surface area contributed by atoms with Crippen molar-refractivity contribution in [2.24, 2.45) is 5.73 Å². The van der Waals surface area contributed by atoms with Crippen molar-refractivity contribution in [3.63, 3.8) is 0 Å². The van der Waals surface area contributed by atoms with Gasteiger partial charge in [0.05, 0.1) is 11.8 Å². The predicted molar refractivity (Wildman–Crippen MR) is 80.7 cm³/mol. The smallest absolute Gasteiger partial charge is 0.265 e. The fourth-order valence-corrected chi connectivity index (χ4v) is 2.58. The highest BCUT2D eigenvalue weighted by Crippen LogP contribution is 2.32. The van der Waals surface area contributed by atoms with Crippen molar-refractivity contribution in [3.05, 3.63) is 18.2 Å². The van der Waals surface area contributed by atoms with E-state index >= 15 is 0 Å². The molecule has 0 aromatic heterocycles. The predicted octanol–water partition coefficient (Wildman–Crippen LogP) is 0.851. The van der Waals surface area contributed by atoms with E-state index in [1.165, 1.54) is 0 Å². The monoisotopic (exact) mass is 305 g/mol. The van der Waals surface area contributed by atoms with Crippen molar-refractivity contribution in [2.45, 2.75) is 38.1 Å². The lowest BCUT2D eigenvalue weighted by Crippen LogP contribution is -2.34. The van der Waals surface area contributed by atoms with Crippen LogP contribution in [-0.4, -0.2) is 36.7 Å². The first kappa shape index (κ1) is 14.8. The topological polar surface area (TPSA) is 103 Å². The van der Waals surface area contributed by atoms with Crippen molar-refractivity contribution in [1.29, 1.82) is 0 Å². The third-order valence-electron chi connectivity index (χ3n) is 3.84. The summed E-state index contributed by atoms with van der Waals surface area (Å²) in [4.78, 5) is 23.8. The number of carbonyl (C=O) groups excluding carboxylic acids is 2. The standard InChI is InChI=1S/C15H19N3O4/c1-8-14(19)18-11-6-9(2-4-12(11)21-8)17-15(20)13-5-3-10(7-16)22-13/h2,4,6,8,10,13H,3,5,7,16H2,1H3,(H,17,20)(H,18,19)/t8?,10-,13+/m1/s1. The van der Waals surface area contributed by atoms with Gasteiger partial charge in [-0.3, -0.25) is 9.59 Å². The van der Waals surface area contributed by atoms with Gasteiger partial charge in [0.25, 0.3) is 11.8 Å². The van der Waals surface area contributed by atoms with Gasteiger partial charge in [-0.1, -0.05) is 0 Å². The summed E-state index contributed by atoms with van der Waals surface area (Å²) in [6.45, 7) is 2.10. The zero-order valence-electron chi connectivity index (χ0n) is 12.3. The second-order valence-electron chi connectivity index (χ2n) is 5.51. The zero-order chi connectivity index (χ0) is 15.7. The fraction of sp³-hybridized carbons (Fsp3) is 0.467. The van der Waals surface area contributed by atoms with E-state index in [1.807, 2.05) is 0 Å². The normalized spacial score (nSPS) is 26.8. The van der Waals surface area contributed by atoms with Crippen LogP contribution in [0.1, 0.15) is 19.8 Å². The molecule has 22 heavy (non-hydrogen) atoms. The van der Waals surface area contributed by atoms with Crippen LogP contribution in [0.3, 0.4) is 0 Å². The summed E-state index contributed by atoms with van der Waals surface area (Å²) in [7, 11) is 0. The first-order valence-corrected chi connectivity index (χ1v) is 7.35. The number of nitrogens with one attached hydrogen (secondary N) is 2. The molecule has 1 aromatic carbocycles. The Bertz CT molecular complexity index is 604. The Hall–Kier alpha value is -2.12. The molecule has 1 fully saturated rings. The molecule has 2 heterocycles. The van der Waals surface area contributed by atoms with E-state index in [0.717, 1.165) is 6.42 Å². The van der Waals surface area contributed by atoms with Gasteiger partial charge in [0.15, 0.2) is 6.10 Å². The molecule has 3 rings (SSSR count). The Morgan fingerprint density at radius 3 is 3.00 bits per heavy atom. The third kappa shape index (κ3) is 2.90. The molecular weight excluding hydrogens is 286 g/mol. The molecule has 0 bridgehead atoms. The van der Waals surface area contributed by atoms with Gasteiger partial charge in [-0.2, -0.15) is 0 Å². The molecule has 1 aromatic rings. The number of carbonyl (C=O) groups is 2. The highest BCUT2D eigenvalue weighted by Gasteiger charge is 2.30. The van der Waals surface area contributed by atoms with Crippen LogP contribution >= 0.6 is 0 Å². The largest absolute Gasteiger partial charge is 0.479 e. The highest BCUT2D eigenvalue weighted by molar-refractivity contribution is 5.99. The molecule has 1 saturated heterocycles. The Morgan fingerprint density at radius 2 is 2.27 bits per heavy atom. The second kappa shape index (κ2) is 5.94. The van der Waals surface area contributed by atoms with Crippen molar-refractivity contribution in [1.82, 2.24) is 0 Å². The van der Waals surface area contributed by atoms with E-state index in [0.29, 0.717) is 30.1 Å². The summed E-state index contributed by atoms with van der Waals surface area (Å²) in [6.07, 6.45) is 0.410. The van der Waals surface area contributed by atoms with Crippen molar-refractivity contribution in [3.8, 4) is 5.75 Å². The van der Waals surface area contributed by atoms with Gasteiger partial charge in [0, 0.05) is 12.2 Å². The molecule has 2 aliphatic heterocycles. The van der Waals surface area contributed by atoms with E-state index in [4.69, 9.17) is 15.2 Å². The van der Waals surface area contributed by atoms with Crippen LogP contribution in [0.15, 0.2) is 18.2 Å². The molecule has 0 aliphatic carbocycles. The number of hydrogen-bond donors (Lipinski definition) is 3. The molecule has 0 spiro atoms. The maximum Gasteiger partial charge on any atom is 0.265 e. The summed E-state index contributed by atoms with van der Waals surface area (Å²) in [5.41, 5.74) is 6.67. The van der Waals surface area contributed by atoms with Crippen molar-refractivity contribution >= 4 is 23.2 Å². The molecule has 4 N–H and O–H groups in total. The van der Waals surface area contributed by atoms with Crippen LogP contribution in [-0.2, 0) is 14.3 Å². The van der Waals surface area contributed by atoms with Gasteiger partial charge in [-0.25, -0.2) is 0 Å². The molecule has 2 aliphatic rings. The quantitative estimate of drug-likeness (QED) is 0.768. The molecule has 1 unspecified atom stereocenters. The Morgan fingerprint density at radius 1 is 1.45 bits per heavy atom. The van der Waals surface area contributed by atoms with Crippen LogP contribution < -0.4 is 21.1 Å². The van der Waals surface area contributed by atoms with Gasteiger partial charge in [0.1, 0.15) is 11.9 Å². The van der Waals surface area contributed by atoms with Crippen molar-refractivity contribution < 1.29 is 19.1 Å². The van der Waals surface area contributed by atoms with E-state index in [9.17, 15) is 9.59 Å². The van der Waals surface area contributed by atoms with Gasteiger partial charge in [-0.15, -0.1) is 0 Å². The highest BCUT2D eigenvalue weighted by atomic mass is 16.5. The zero-order valence-corrected chi connectivity index (χ0v) is 12.3. The lowest BCUT2D eigenvalue weighted by molar-refractivity contribution is -0.126. The average molecular weight is 305 g/mol. The number of hydrogen-bond acceptors (Lipinski definition) is 5. The number of benzene rings is 1. The van der Waals surface area contributed by atoms with Crippen molar-refractivity contribution in [2.75, 3.05) is 17.2 Å². The number of amides is 2. The van der Waals surface area contributed by atoms with E-state index in [2.05, 4.69) is 10.6 Å². The number of anilines is 2. The molecule has 118 valence electrons. The maximum atomic E-state index is 12.2. The molecule has 7 nitrogen and oxygen atoms in total. The molecule has 0 radical (unpaired) electrons. The van der Waals surface area contributed by atoms with Crippen LogP contribution in [0.5, 0.6) is 5.75 Å². The number of ether oxygens (including phenoxy) is 2. The Balaban J connectivity index is 1.68. The van der Waals surface area contributed by atoms with Crippen LogP contribution in [0.25, 0.3) is 0 Å². The Kier molecular flexibility index (Phi) is 4.00. The minimum Gasteiger partial charge on any atom is -0.479 e. The van der Waals surface area contributed by atoms with Gasteiger partial charge in [-0.05, 0) is 38.0 Å². The summed E-state index contributed by atoms with van der Waals surface area (Å²) >= 11 is 0. The lowest BCUT2D eigenvalue weighted by Gasteiger charge is -2.23. The SMILES string of the molecule is CC1Oc2ccc(NC(=O)[C@@H]3CC[C@H](CN)O3)cc2NC1=O. The van der Waals surface area contributed by atoms with E-state index in [1.54, 1.807) is 25.1 Å². The maximum absolute atomic E-state index is 12.2. The number of nitrogens with two attached hydrogens (primary N) is 1. The summed E-state index contributed by atoms with van der Waals surface area (Å²) < 4.78 is 11.0. The first-order valence-electron chi connectivity index (χ1n) is 7.35. The van der Waals surface area contributed by atoms with Crippen LogP contribution in [0.4, 0.5) is 11.4 Å². The minimum atomic E-state index is -0.520. The number of fused-ring (bicyclic) bond motifs is 1. The third-order valence-corrected chi connectivity index (χ3v) is 3.84. The van der Waals surface area contributed by atoms with Gasteiger partial charge < -0.3 is 25.8 Å². The first-order chi connectivity index (χ1) is 10.6. The summed E-state index contributed by atoms with van der Waals surface area (Å²) in [5.74, 6) is 0.179. The van der Waals surface area contributed by atoms with Gasteiger partial charge >= 0.3 is 0 Å². The molecule has 2 amide bonds. The summed E-state index contributed by atoms with van der Waals surface area (Å²) in [5, 5.41) is 5.54. The summed E-state index contributed by atoms with van der Waals surface area (Å²) in [6, 6.07) is 5.13. The Labute approximate surface area is 128 Å². The average Bonchev–Trinajstić information content (AvgIpc) is 2.98. The van der Waals surface area contributed by atoms with Crippen LogP contribution in [0, 0.1) is 0 Å². The van der Waals surface area contributed by atoms with E-state index in [-0.39, 0.29) is 17.9 Å². The molecule has 0 saturated carbocycles. The van der Waals surface area contributed by atoms with Crippen LogP contribution in [0.2, 0.25) is 0 Å².